The van der Waals surface area contributed by atoms with Crippen LogP contribution in [0.1, 0.15) is 68.1 Å². The SMILES string of the molecule is CCC(NC(=O)c1nn(C)c(C(F)(F)F)c1Cl)C12CC3CC(CC(C3)C1)C2. The maximum absolute atomic E-state index is 13.1. The Morgan fingerprint density at radius 1 is 1.26 bits per heavy atom. The number of halogens is 4. The zero-order valence-electron chi connectivity index (χ0n) is 15.6. The second-order valence-electron chi connectivity index (χ2n) is 8.85. The molecule has 0 aromatic carbocycles. The number of alkyl halides is 3. The Morgan fingerprint density at radius 2 is 1.78 bits per heavy atom. The van der Waals surface area contributed by atoms with Gasteiger partial charge >= 0.3 is 6.18 Å². The van der Waals surface area contributed by atoms with Gasteiger partial charge in [-0.15, -0.1) is 0 Å². The summed E-state index contributed by atoms with van der Waals surface area (Å²) < 4.78 is 40.1. The lowest BCUT2D eigenvalue weighted by Gasteiger charge is -2.59. The van der Waals surface area contributed by atoms with Crippen LogP contribution in [0.15, 0.2) is 0 Å². The molecule has 27 heavy (non-hydrogen) atoms. The van der Waals surface area contributed by atoms with Crippen LogP contribution < -0.4 is 5.32 Å². The minimum Gasteiger partial charge on any atom is -0.347 e. The molecule has 1 aromatic heterocycles. The van der Waals surface area contributed by atoms with Crippen LogP contribution in [0.4, 0.5) is 13.2 Å². The minimum atomic E-state index is -4.65. The Hall–Kier alpha value is -1.24. The summed E-state index contributed by atoms with van der Waals surface area (Å²) in [6, 6.07) is -0.0502. The van der Waals surface area contributed by atoms with Gasteiger partial charge in [-0.3, -0.25) is 9.48 Å². The molecule has 0 radical (unpaired) electrons. The first-order valence-electron chi connectivity index (χ1n) is 9.73. The number of nitrogens with one attached hydrogen (secondary N) is 1. The second-order valence-corrected chi connectivity index (χ2v) is 9.22. The van der Waals surface area contributed by atoms with Crippen molar-refractivity contribution in [3.63, 3.8) is 0 Å². The number of aromatic nitrogens is 2. The van der Waals surface area contributed by atoms with E-state index in [1.807, 2.05) is 6.92 Å². The first-order chi connectivity index (χ1) is 12.6. The van der Waals surface area contributed by atoms with Crippen LogP contribution in [-0.2, 0) is 13.2 Å². The molecular weight excluding hydrogens is 379 g/mol. The van der Waals surface area contributed by atoms with Gasteiger partial charge < -0.3 is 5.32 Å². The Morgan fingerprint density at radius 3 is 2.19 bits per heavy atom. The Kier molecular flexibility index (Phi) is 4.52. The van der Waals surface area contributed by atoms with Crippen molar-refractivity contribution >= 4 is 17.5 Å². The van der Waals surface area contributed by atoms with E-state index in [2.05, 4.69) is 10.4 Å². The lowest BCUT2D eigenvalue weighted by Crippen LogP contribution is -2.56. The van der Waals surface area contributed by atoms with Gasteiger partial charge in [-0.05, 0) is 68.1 Å². The average Bonchev–Trinajstić information content (AvgIpc) is 2.85. The smallest absolute Gasteiger partial charge is 0.347 e. The van der Waals surface area contributed by atoms with E-state index in [1.165, 1.54) is 19.3 Å². The molecule has 4 fully saturated rings. The number of amides is 1. The van der Waals surface area contributed by atoms with Crippen LogP contribution in [0, 0.1) is 23.2 Å². The molecule has 1 atom stereocenters. The number of nitrogens with zero attached hydrogens (tertiary/aromatic N) is 2. The topological polar surface area (TPSA) is 46.9 Å². The van der Waals surface area contributed by atoms with Crippen LogP contribution in [0.2, 0.25) is 5.02 Å². The number of hydrogen-bond donors (Lipinski definition) is 1. The summed E-state index contributed by atoms with van der Waals surface area (Å²) >= 11 is 5.89. The third-order valence-electron chi connectivity index (χ3n) is 7.01. The van der Waals surface area contributed by atoms with Crippen LogP contribution in [0.25, 0.3) is 0 Å². The van der Waals surface area contributed by atoms with Gasteiger partial charge in [0, 0.05) is 13.1 Å². The van der Waals surface area contributed by atoms with Crippen LogP contribution in [0.5, 0.6) is 0 Å². The lowest BCUT2D eigenvalue weighted by molar-refractivity contribution is -0.143. The Balaban J connectivity index is 1.57. The summed E-state index contributed by atoms with van der Waals surface area (Å²) in [5.41, 5.74) is -1.35. The summed E-state index contributed by atoms with van der Waals surface area (Å²) in [4.78, 5) is 12.8. The van der Waals surface area contributed by atoms with Crippen molar-refractivity contribution in [2.75, 3.05) is 0 Å². The molecule has 150 valence electrons. The van der Waals surface area contributed by atoms with Gasteiger partial charge in [-0.1, -0.05) is 18.5 Å². The van der Waals surface area contributed by atoms with Crippen molar-refractivity contribution in [2.24, 2.45) is 30.2 Å². The molecular formula is C19H25ClF3N3O. The molecule has 1 amide bonds. The molecule has 4 nitrogen and oxygen atoms in total. The molecule has 4 bridgehead atoms. The van der Waals surface area contributed by atoms with Crippen LogP contribution >= 0.6 is 11.6 Å². The fraction of sp³-hybridized carbons (Fsp3) is 0.789. The maximum atomic E-state index is 13.1. The monoisotopic (exact) mass is 403 g/mol. The van der Waals surface area contributed by atoms with Gasteiger partial charge in [-0.2, -0.15) is 18.3 Å². The number of carbonyl (C=O) groups is 1. The molecule has 5 rings (SSSR count). The summed E-state index contributed by atoms with van der Waals surface area (Å²) in [6.45, 7) is 2.03. The molecule has 1 unspecified atom stereocenters. The van der Waals surface area contributed by atoms with Gasteiger partial charge in [0.1, 0.15) is 5.02 Å². The molecule has 1 N–H and O–H groups in total. The van der Waals surface area contributed by atoms with E-state index in [0.717, 1.165) is 50.5 Å². The van der Waals surface area contributed by atoms with Crippen molar-refractivity contribution in [2.45, 2.75) is 64.1 Å². The highest BCUT2D eigenvalue weighted by Crippen LogP contribution is 2.61. The molecule has 4 aliphatic carbocycles. The quantitative estimate of drug-likeness (QED) is 0.783. The van der Waals surface area contributed by atoms with Gasteiger partial charge in [-0.25, -0.2) is 0 Å². The van der Waals surface area contributed by atoms with Crippen molar-refractivity contribution in [1.29, 1.82) is 0 Å². The number of carbonyl (C=O) groups excluding carboxylic acids is 1. The Bertz CT molecular complexity index is 723. The summed E-state index contributed by atoms with van der Waals surface area (Å²) in [5, 5.41) is 6.15. The Labute approximate surface area is 161 Å². The van der Waals surface area contributed by atoms with E-state index < -0.39 is 22.8 Å². The van der Waals surface area contributed by atoms with Crippen molar-refractivity contribution in [1.82, 2.24) is 15.1 Å². The number of aryl methyl sites for hydroxylation is 1. The molecule has 0 saturated heterocycles. The summed E-state index contributed by atoms with van der Waals surface area (Å²) in [7, 11) is 1.15. The minimum absolute atomic E-state index is 0.0502. The highest BCUT2D eigenvalue weighted by Gasteiger charge is 2.54. The van der Waals surface area contributed by atoms with Crippen molar-refractivity contribution in [3.05, 3.63) is 16.4 Å². The van der Waals surface area contributed by atoms with Crippen LogP contribution in [0.3, 0.4) is 0 Å². The van der Waals surface area contributed by atoms with Gasteiger partial charge in [0.25, 0.3) is 5.91 Å². The lowest BCUT2D eigenvalue weighted by atomic mass is 9.47. The van der Waals surface area contributed by atoms with E-state index in [9.17, 15) is 18.0 Å². The van der Waals surface area contributed by atoms with E-state index in [-0.39, 0.29) is 17.2 Å². The highest BCUT2D eigenvalue weighted by molar-refractivity contribution is 6.34. The first kappa shape index (κ1) is 19.1. The number of rotatable bonds is 4. The maximum Gasteiger partial charge on any atom is 0.434 e. The molecule has 1 aromatic rings. The van der Waals surface area contributed by atoms with Gasteiger partial charge in [0.15, 0.2) is 11.4 Å². The van der Waals surface area contributed by atoms with E-state index in [4.69, 9.17) is 11.6 Å². The predicted octanol–water partition coefficient (Wildman–Crippen LogP) is 4.82. The molecule has 4 saturated carbocycles. The molecule has 4 aliphatic rings. The van der Waals surface area contributed by atoms with Crippen LogP contribution in [-0.4, -0.2) is 21.7 Å². The van der Waals surface area contributed by atoms with Gasteiger partial charge in [0.05, 0.1) is 0 Å². The number of hydrogen-bond acceptors (Lipinski definition) is 2. The zero-order chi connectivity index (χ0) is 19.6. The van der Waals surface area contributed by atoms with E-state index in [1.54, 1.807) is 0 Å². The molecule has 0 spiro atoms. The van der Waals surface area contributed by atoms with Gasteiger partial charge in [0.2, 0.25) is 0 Å². The second kappa shape index (κ2) is 6.39. The van der Waals surface area contributed by atoms with E-state index >= 15 is 0 Å². The first-order valence-corrected chi connectivity index (χ1v) is 10.1. The molecule has 1 heterocycles. The molecule has 0 aliphatic heterocycles. The molecule has 8 heteroatoms. The fourth-order valence-corrected chi connectivity index (χ4v) is 6.82. The summed E-state index contributed by atoms with van der Waals surface area (Å²) in [6.07, 6.45) is 3.33. The third kappa shape index (κ3) is 3.15. The highest BCUT2D eigenvalue weighted by atomic mass is 35.5. The third-order valence-corrected chi connectivity index (χ3v) is 7.37. The van der Waals surface area contributed by atoms with E-state index in [0.29, 0.717) is 4.68 Å². The normalized spacial score (nSPS) is 33.3. The fourth-order valence-electron chi connectivity index (χ4n) is 6.47. The average molecular weight is 404 g/mol. The largest absolute Gasteiger partial charge is 0.434 e. The predicted molar refractivity (Wildman–Crippen MR) is 95.4 cm³/mol. The van der Waals surface area contributed by atoms with Crippen molar-refractivity contribution in [3.8, 4) is 0 Å². The van der Waals surface area contributed by atoms with Crippen molar-refractivity contribution < 1.29 is 18.0 Å². The summed E-state index contributed by atoms with van der Waals surface area (Å²) in [5.74, 6) is 1.60. The standard InChI is InChI=1S/C19H25ClF3N3O/c1-3-13(18-7-10-4-11(8-18)6-12(5-10)9-18)24-17(27)15-14(20)16(19(21,22)23)26(2)25-15/h10-13H,3-9H2,1-2H3,(H,24,27). The zero-order valence-corrected chi connectivity index (χ0v) is 16.3.